The summed E-state index contributed by atoms with van der Waals surface area (Å²) in [7, 11) is 1.64. The van der Waals surface area contributed by atoms with E-state index in [1.807, 2.05) is 0 Å². The van der Waals surface area contributed by atoms with Crippen LogP contribution in [0.25, 0.3) is 11.1 Å². The SMILES string of the molecule is Cc1cc(F)cc(C)c1Oc1ccc(C(C)(C)O)cc1-c1cn(C)c(=O)cc1NCC(=O)NC1CCC(N)CC1. The topological polar surface area (TPSA) is 119 Å². The second-order valence-electron chi connectivity index (χ2n) is 11.3. The molecule has 1 aliphatic carbocycles. The van der Waals surface area contributed by atoms with Gasteiger partial charge in [-0.25, -0.2) is 4.39 Å². The highest BCUT2D eigenvalue weighted by Gasteiger charge is 2.23. The predicted octanol–water partition coefficient (Wildman–Crippen LogP) is 4.63. The summed E-state index contributed by atoms with van der Waals surface area (Å²) in [6.45, 7) is 6.88. The van der Waals surface area contributed by atoms with Gasteiger partial charge in [0.1, 0.15) is 17.3 Å². The summed E-state index contributed by atoms with van der Waals surface area (Å²) in [5.74, 6) is 0.449. The van der Waals surface area contributed by atoms with E-state index in [0.717, 1.165) is 25.7 Å². The second kappa shape index (κ2) is 11.8. The number of carbonyl (C=O) groups excluding carboxylic acids is 1. The molecule has 0 unspecified atom stereocenters. The van der Waals surface area contributed by atoms with Crippen LogP contribution in [0.3, 0.4) is 0 Å². The van der Waals surface area contributed by atoms with Gasteiger partial charge < -0.3 is 30.8 Å². The standard InChI is InChI=1S/C31H39FN4O4/c1-18-12-21(32)13-19(2)30(18)40-27-11-6-20(31(3,4)39)14-24(27)25-17-36(5)29(38)15-26(25)34-16-28(37)35-23-9-7-22(33)8-10-23/h6,11-15,17,22-23,34,39H,7-10,16,33H2,1-5H3,(H,35,37). The maximum absolute atomic E-state index is 14.0. The van der Waals surface area contributed by atoms with Crippen molar-refractivity contribution in [3.8, 4) is 22.6 Å². The molecule has 0 aliphatic heterocycles. The summed E-state index contributed by atoms with van der Waals surface area (Å²) in [5.41, 5.74) is 8.15. The van der Waals surface area contributed by atoms with Gasteiger partial charge in [0.05, 0.1) is 12.1 Å². The van der Waals surface area contributed by atoms with Crippen molar-refractivity contribution in [2.45, 2.75) is 71.1 Å². The quantitative estimate of drug-likeness (QED) is 0.325. The number of nitrogens with one attached hydrogen (secondary N) is 2. The number of nitrogens with zero attached hydrogens (tertiary/aromatic N) is 1. The highest BCUT2D eigenvalue weighted by Crippen LogP contribution is 2.40. The van der Waals surface area contributed by atoms with Crippen LogP contribution < -0.4 is 26.7 Å². The highest BCUT2D eigenvalue weighted by atomic mass is 19.1. The lowest BCUT2D eigenvalue weighted by Gasteiger charge is -2.27. The minimum absolute atomic E-state index is 0.0275. The first-order chi connectivity index (χ1) is 18.8. The number of anilines is 1. The molecule has 40 heavy (non-hydrogen) atoms. The van der Waals surface area contributed by atoms with E-state index in [2.05, 4.69) is 10.6 Å². The van der Waals surface area contributed by atoms with Crippen LogP contribution in [0, 0.1) is 19.7 Å². The van der Waals surface area contributed by atoms with Crippen molar-refractivity contribution in [3.63, 3.8) is 0 Å². The van der Waals surface area contributed by atoms with E-state index < -0.39 is 5.60 Å². The Balaban J connectivity index is 1.71. The molecule has 1 heterocycles. The molecule has 0 radical (unpaired) electrons. The number of aryl methyl sites for hydroxylation is 3. The molecule has 0 bridgehead atoms. The Kier molecular flexibility index (Phi) is 8.65. The molecule has 214 valence electrons. The number of rotatable bonds is 8. The molecule has 3 aromatic rings. The largest absolute Gasteiger partial charge is 0.456 e. The third-order valence-corrected chi connectivity index (χ3v) is 7.42. The minimum atomic E-state index is -1.15. The van der Waals surface area contributed by atoms with Crippen molar-refractivity contribution >= 4 is 11.6 Å². The smallest absolute Gasteiger partial charge is 0.252 e. The molecule has 1 fully saturated rings. The van der Waals surface area contributed by atoms with E-state index in [9.17, 15) is 19.1 Å². The first-order valence-corrected chi connectivity index (χ1v) is 13.6. The Bertz CT molecular complexity index is 1430. The van der Waals surface area contributed by atoms with Crippen LogP contribution in [0.5, 0.6) is 11.5 Å². The molecule has 1 aliphatic rings. The summed E-state index contributed by atoms with van der Waals surface area (Å²) in [6, 6.07) is 9.86. The third kappa shape index (κ3) is 6.89. The monoisotopic (exact) mass is 550 g/mol. The number of aliphatic hydroxyl groups is 1. The number of halogens is 1. The van der Waals surface area contributed by atoms with E-state index in [1.165, 1.54) is 22.8 Å². The van der Waals surface area contributed by atoms with Crippen molar-refractivity contribution in [1.29, 1.82) is 0 Å². The van der Waals surface area contributed by atoms with Crippen LogP contribution in [-0.2, 0) is 17.4 Å². The van der Waals surface area contributed by atoms with E-state index in [4.69, 9.17) is 10.5 Å². The normalized spacial score (nSPS) is 17.4. The number of pyridine rings is 1. The zero-order valence-corrected chi connectivity index (χ0v) is 23.8. The van der Waals surface area contributed by atoms with Crippen LogP contribution in [0.15, 0.2) is 47.4 Å². The van der Waals surface area contributed by atoms with Gasteiger partial charge in [-0.2, -0.15) is 0 Å². The summed E-state index contributed by atoms with van der Waals surface area (Å²) >= 11 is 0. The fraction of sp³-hybridized carbons (Fsp3) is 0.419. The maximum atomic E-state index is 14.0. The van der Waals surface area contributed by atoms with Crippen molar-refractivity contribution in [2.75, 3.05) is 11.9 Å². The third-order valence-electron chi connectivity index (χ3n) is 7.42. The Morgan fingerprint density at radius 3 is 2.38 bits per heavy atom. The molecule has 2 aromatic carbocycles. The van der Waals surface area contributed by atoms with Gasteiger partial charge in [-0.15, -0.1) is 0 Å². The zero-order chi connectivity index (χ0) is 29.2. The molecule has 5 N–H and O–H groups in total. The molecule has 9 heteroatoms. The number of carbonyl (C=O) groups is 1. The molecule has 8 nitrogen and oxygen atoms in total. The first kappa shape index (κ1) is 29.3. The summed E-state index contributed by atoms with van der Waals surface area (Å²) in [6.07, 6.45) is 5.12. The van der Waals surface area contributed by atoms with Gasteiger partial charge in [-0.3, -0.25) is 9.59 Å². The van der Waals surface area contributed by atoms with Crippen molar-refractivity contribution in [1.82, 2.24) is 9.88 Å². The molecule has 0 spiro atoms. The van der Waals surface area contributed by atoms with Crippen LogP contribution in [0.2, 0.25) is 0 Å². The number of hydrogen-bond acceptors (Lipinski definition) is 6. The first-order valence-electron chi connectivity index (χ1n) is 13.6. The summed E-state index contributed by atoms with van der Waals surface area (Å²) < 4.78 is 21.8. The van der Waals surface area contributed by atoms with Crippen LogP contribution in [0.1, 0.15) is 56.2 Å². The van der Waals surface area contributed by atoms with Gasteiger partial charge in [-0.05, 0) is 94.3 Å². The Hall–Kier alpha value is -3.69. The molecule has 1 amide bonds. The van der Waals surface area contributed by atoms with Crippen molar-refractivity contribution in [3.05, 3.63) is 75.5 Å². The molecule has 0 atom stereocenters. The molecule has 4 rings (SSSR count). The maximum Gasteiger partial charge on any atom is 0.252 e. The van der Waals surface area contributed by atoms with Gasteiger partial charge in [0.15, 0.2) is 0 Å². The fourth-order valence-electron chi connectivity index (χ4n) is 5.09. The van der Waals surface area contributed by atoms with Crippen LogP contribution in [-0.4, -0.2) is 34.2 Å². The van der Waals surface area contributed by atoms with Crippen molar-refractivity contribution < 1.29 is 19.0 Å². The molecular formula is C31H39FN4O4. The second-order valence-corrected chi connectivity index (χ2v) is 11.3. The van der Waals surface area contributed by atoms with Crippen LogP contribution in [0.4, 0.5) is 10.1 Å². The predicted molar refractivity (Wildman–Crippen MR) is 155 cm³/mol. The fourth-order valence-corrected chi connectivity index (χ4v) is 5.09. The lowest BCUT2D eigenvalue weighted by atomic mass is 9.92. The lowest BCUT2D eigenvalue weighted by molar-refractivity contribution is -0.120. The number of nitrogens with two attached hydrogens (primary N) is 1. The Labute approximate surface area is 234 Å². The van der Waals surface area contributed by atoms with E-state index in [-0.39, 0.29) is 35.9 Å². The van der Waals surface area contributed by atoms with Gasteiger partial charge in [0.25, 0.3) is 5.56 Å². The van der Waals surface area contributed by atoms with Gasteiger partial charge in [0, 0.05) is 48.2 Å². The number of aromatic nitrogens is 1. The van der Waals surface area contributed by atoms with E-state index >= 15 is 0 Å². The number of benzene rings is 2. The number of hydrogen-bond donors (Lipinski definition) is 4. The van der Waals surface area contributed by atoms with Gasteiger partial charge in [0.2, 0.25) is 5.91 Å². The minimum Gasteiger partial charge on any atom is -0.456 e. The zero-order valence-electron chi connectivity index (χ0n) is 23.8. The van der Waals surface area contributed by atoms with Crippen molar-refractivity contribution in [2.24, 2.45) is 12.8 Å². The number of amides is 1. The average Bonchev–Trinajstić information content (AvgIpc) is 2.87. The van der Waals surface area contributed by atoms with Gasteiger partial charge in [-0.1, -0.05) is 6.07 Å². The molecule has 1 saturated carbocycles. The lowest BCUT2D eigenvalue weighted by Crippen LogP contribution is -2.42. The molecule has 1 aromatic heterocycles. The molecular weight excluding hydrogens is 511 g/mol. The van der Waals surface area contributed by atoms with E-state index in [0.29, 0.717) is 45.0 Å². The van der Waals surface area contributed by atoms with Crippen LogP contribution >= 0.6 is 0 Å². The molecule has 0 saturated heterocycles. The summed E-state index contributed by atoms with van der Waals surface area (Å²) in [5, 5.41) is 17.0. The van der Waals surface area contributed by atoms with Gasteiger partial charge >= 0.3 is 0 Å². The van der Waals surface area contributed by atoms with E-state index in [1.54, 1.807) is 59.1 Å². The summed E-state index contributed by atoms with van der Waals surface area (Å²) in [4.78, 5) is 25.4. The Morgan fingerprint density at radius 1 is 1.10 bits per heavy atom. The Morgan fingerprint density at radius 2 is 1.75 bits per heavy atom. The highest BCUT2D eigenvalue weighted by molar-refractivity contribution is 5.86. The average molecular weight is 551 g/mol. The number of ether oxygens (including phenoxy) is 1.